The van der Waals surface area contributed by atoms with Gasteiger partial charge in [-0.05, 0) is 43.0 Å². The van der Waals surface area contributed by atoms with Crippen molar-refractivity contribution in [1.29, 1.82) is 0 Å². The normalized spacial score (nSPS) is 11.9. The van der Waals surface area contributed by atoms with E-state index >= 15 is 0 Å². The van der Waals surface area contributed by atoms with Crippen molar-refractivity contribution >= 4 is 27.6 Å². The third-order valence-corrected chi connectivity index (χ3v) is 4.78. The van der Waals surface area contributed by atoms with E-state index in [-0.39, 0.29) is 4.90 Å². The number of rotatable bonds is 4. The molecule has 1 aromatic carbocycles. The Bertz CT molecular complexity index is 686. The summed E-state index contributed by atoms with van der Waals surface area (Å²) in [6, 6.07) is 8.58. The molecule has 0 amide bonds. The van der Waals surface area contributed by atoms with Crippen LogP contribution in [-0.4, -0.2) is 14.6 Å². The number of hydrazone groups is 1. The summed E-state index contributed by atoms with van der Waals surface area (Å²) in [6.45, 7) is 3.86. The predicted molar refractivity (Wildman–Crippen MR) is 78.2 cm³/mol. The maximum atomic E-state index is 11.9. The zero-order chi connectivity index (χ0) is 13.9. The van der Waals surface area contributed by atoms with Crippen molar-refractivity contribution in [3.8, 4) is 0 Å². The fourth-order valence-electron chi connectivity index (χ4n) is 1.44. The van der Waals surface area contributed by atoms with Crippen LogP contribution in [0.1, 0.15) is 16.0 Å². The third-order valence-electron chi connectivity index (χ3n) is 2.59. The van der Waals surface area contributed by atoms with E-state index in [1.54, 1.807) is 24.3 Å². The highest BCUT2D eigenvalue weighted by molar-refractivity contribution is 7.89. The molecule has 0 aliphatic carbocycles. The minimum absolute atomic E-state index is 0.207. The van der Waals surface area contributed by atoms with Gasteiger partial charge in [-0.2, -0.15) is 13.5 Å². The van der Waals surface area contributed by atoms with Crippen molar-refractivity contribution < 1.29 is 8.42 Å². The van der Waals surface area contributed by atoms with E-state index in [4.69, 9.17) is 0 Å². The molecule has 19 heavy (non-hydrogen) atoms. The van der Waals surface area contributed by atoms with E-state index < -0.39 is 10.0 Å². The van der Waals surface area contributed by atoms with Gasteiger partial charge in [0.1, 0.15) is 0 Å². The van der Waals surface area contributed by atoms with Crippen molar-refractivity contribution in [3.05, 3.63) is 51.7 Å². The Morgan fingerprint density at radius 1 is 1.16 bits per heavy atom. The highest BCUT2D eigenvalue weighted by Gasteiger charge is 2.11. The molecule has 0 unspecified atom stereocenters. The van der Waals surface area contributed by atoms with E-state index in [0.717, 1.165) is 16.0 Å². The van der Waals surface area contributed by atoms with Gasteiger partial charge in [0, 0.05) is 0 Å². The van der Waals surface area contributed by atoms with Gasteiger partial charge in [-0.15, -0.1) is 11.3 Å². The van der Waals surface area contributed by atoms with Crippen LogP contribution in [0.4, 0.5) is 0 Å². The standard InChI is InChI=1S/C13H14N2O2S2/c1-10-3-5-12(6-4-10)19(16,17)15-14-9-13-11(2)7-8-18-13/h3-9,15H,1-2H3/b14-9-. The van der Waals surface area contributed by atoms with Crippen LogP contribution in [0.3, 0.4) is 0 Å². The molecular formula is C13H14N2O2S2. The van der Waals surface area contributed by atoms with Crippen LogP contribution in [0.2, 0.25) is 0 Å². The molecule has 0 radical (unpaired) electrons. The van der Waals surface area contributed by atoms with Crippen LogP contribution in [0.5, 0.6) is 0 Å². The number of hydrogen-bond donors (Lipinski definition) is 1. The van der Waals surface area contributed by atoms with E-state index in [2.05, 4.69) is 9.93 Å². The first-order valence-corrected chi connectivity index (χ1v) is 8.01. The van der Waals surface area contributed by atoms with Gasteiger partial charge in [0.05, 0.1) is 16.0 Å². The molecule has 6 heteroatoms. The molecule has 0 fully saturated rings. The molecular weight excluding hydrogens is 280 g/mol. The quantitative estimate of drug-likeness (QED) is 0.696. The van der Waals surface area contributed by atoms with Gasteiger partial charge >= 0.3 is 0 Å². The lowest BCUT2D eigenvalue weighted by Gasteiger charge is -2.03. The van der Waals surface area contributed by atoms with E-state index in [1.165, 1.54) is 17.6 Å². The third kappa shape index (κ3) is 3.42. The number of nitrogens with one attached hydrogen (secondary N) is 1. The van der Waals surface area contributed by atoms with E-state index in [0.29, 0.717) is 0 Å². The molecule has 1 heterocycles. The Labute approximate surface area is 116 Å². The molecule has 100 valence electrons. The maximum Gasteiger partial charge on any atom is 0.276 e. The number of hydrogen-bond acceptors (Lipinski definition) is 4. The summed E-state index contributed by atoms with van der Waals surface area (Å²) in [5, 5.41) is 5.73. The zero-order valence-corrected chi connectivity index (χ0v) is 12.3. The van der Waals surface area contributed by atoms with Crippen LogP contribution < -0.4 is 4.83 Å². The van der Waals surface area contributed by atoms with Gasteiger partial charge < -0.3 is 0 Å². The minimum atomic E-state index is -3.59. The second-order valence-electron chi connectivity index (χ2n) is 4.13. The van der Waals surface area contributed by atoms with Gasteiger partial charge in [-0.1, -0.05) is 17.7 Å². The smallest absolute Gasteiger partial charge is 0.200 e. The van der Waals surface area contributed by atoms with Gasteiger partial charge in [-0.25, -0.2) is 4.83 Å². The van der Waals surface area contributed by atoms with E-state index in [9.17, 15) is 8.42 Å². The molecule has 0 aliphatic rings. The first-order chi connectivity index (χ1) is 8.99. The molecule has 0 atom stereocenters. The average Bonchev–Trinajstić information content (AvgIpc) is 2.75. The Kier molecular flexibility index (Phi) is 4.01. The lowest BCUT2D eigenvalue weighted by Crippen LogP contribution is -2.18. The van der Waals surface area contributed by atoms with E-state index in [1.807, 2.05) is 25.3 Å². The monoisotopic (exact) mass is 294 g/mol. The predicted octanol–water partition coefficient (Wildman–Crippen LogP) is 2.68. The Morgan fingerprint density at radius 3 is 2.42 bits per heavy atom. The molecule has 0 bridgehead atoms. The Hall–Kier alpha value is -1.66. The summed E-state index contributed by atoms with van der Waals surface area (Å²) < 4.78 is 23.9. The number of benzene rings is 1. The minimum Gasteiger partial charge on any atom is -0.200 e. The molecule has 4 nitrogen and oxygen atoms in total. The maximum absolute atomic E-state index is 11.9. The summed E-state index contributed by atoms with van der Waals surface area (Å²) in [5.41, 5.74) is 2.08. The summed E-state index contributed by atoms with van der Waals surface area (Å²) in [5.74, 6) is 0. The van der Waals surface area contributed by atoms with Crippen molar-refractivity contribution in [1.82, 2.24) is 4.83 Å². The topological polar surface area (TPSA) is 58.5 Å². The average molecular weight is 294 g/mol. The van der Waals surface area contributed by atoms with Crippen molar-refractivity contribution in [2.24, 2.45) is 5.10 Å². The SMILES string of the molecule is Cc1ccc(S(=O)(=O)N/N=C\c2sccc2C)cc1. The summed E-state index contributed by atoms with van der Waals surface area (Å²) in [4.78, 5) is 3.35. The first kappa shape index (κ1) is 13.8. The van der Waals surface area contributed by atoms with Crippen LogP contribution in [0.15, 0.2) is 45.7 Å². The molecule has 0 spiro atoms. The fourth-order valence-corrected chi connectivity index (χ4v) is 3.02. The molecule has 0 saturated carbocycles. The van der Waals surface area contributed by atoms with Crippen LogP contribution in [0, 0.1) is 13.8 Å². The van der Waals surface area contributed by atoms with Gasteiger partial charge in [-0.3, -0.25) is 0 Å². The Morgan fingerprint density at radius 2 is 1.84 bits per heavy atom. The highest BCUT2D eigenvalue weighted by Crippen LogP contribution is 2.13. The van der Waals surface area contributed by atoms with Crippen LogP contribution >= 0.6 is 11.3 Å². The molecule has 0 saturated heterocycles. The number of thiophene rings is 1. The number of nitrogens with zero attached hydrogens (tertiary/aromatic N) is 1. The molecule has 1 N–H and O–H groups in total. The second kappa shape index (κ2) is 5.54. The van der Waals surface area contributed by atoms with Crippen molar-refractivity contribution in [2.45, 2.75) is 18.7 Å². The number of sulfonamides is 1. The van der Waals surface area contributed by atoms with Gasteiger partial charge in [0.2, 0.25) is 0 Å². The summed E-state index contributed by atoms with van der Waals surface area (Å²) >= 11 is 1.51. The molecule has 2 aromatic rings. The molecule has 1 aromatic heterocycles. The summed E-state index contributed by atoms with van der Waals surface area (Å²) in [6.07, 6.45) is 1.52. The largest absolute Gasteiger partial charge is 0.276 e. The lowest BCUT2D eigenvalue weighted by atomic mass is 10.2. The van der Waals surface area contributed by atoms with Crippen molar-refractivity contribution in [3.63, 3.8) is 0 Å². The van der Waals surface area contributed by atoms with Gasteiger partial charge in [0.15, 0.2) is 0 Å². The highest BCUT2D eigenvalue weighted by atomic mass is 32.2. The lowest BCUT2D eigenvalue weighted by molar-refractivity contribution is 0.584. The van der Waals surface area contributed by atoms with Crippen LogP contribution in [-0.2, 0) is 10.0 Å². The Balaban J connectivity index is 2.12. The second-order valence-corrected chi connectivity index (χ2v) is 6.74. The molecule has 0 aliphatic heterocycles. The first-order valence-electron chi connectivity index (χ1n) is 5.65. The fraction of sp³-hybridized carbons (Fsp3) is 0.154. The van der Waals surface area contributed by atoms with Gasteiger partial charge in [0.25, 0.3) is 10.0 Å². The molecule has 2 rings (SSSR count). The number of aryl methyl sites for hydroxylation is 2. The summed E-state index contributed by atoms with van der Waals surface area (Å²) in [7, 11) is -3.59. The van der Waals surface area contributed by atoms with Crippen LogP contribution in [0.25, 0.3) is 0 Å². The van der Waals surface area contributed by atoms with Crippen molar-refractivity contribution in [2.75, 3.05) is 0 Å². The zero-order valence-electron chi connectivity index (χ0n) is 10.6.